The van der Waals surface area contributed by atoms with Crippen molar-refractivity contribution in [2.75, 3.05) is 19.6 Å². The van der Waals surface area contributed by atoms with E-state index in [0.29, 0.717) is 18.7 Å². The van der Waals surface area contributed by atoms with Gasteiger partial charge in [0.1, 0.15) is 0 Å². The summed E-state index contributed by atoms with van der Waals surface area (Å²) in [5.41, 5.74) is 5.32. The molecule has 1 heterocycles. The lowest BCUT2D eigenvalue weighted by Crippen LogP contribution is -2.44. The minimum atomic E-state index is -0.0688. The molecule has 3 amide bonds. The fourth-order valence-electron chi connectivity index (χ4n) is 4.30. The third-order valence-corrected chi connectivity index (χ3v) is 5.90. The Labute approximate surface area is 179 Å². The average Bonchev–Trinajstić information content (AvgIpc) is 2.74. The van der Waals surface area contributed by atoms with Crippen LogP contribution in [0.2, 0.25) is 0 Å². The van der Waals surface area contributed by atoms with Gasteiger partial charge < -0.3 is 15.5 Å². The Morgan fingerprint density at radius 3 is 2.70 bits per heavy atom. The van der Waals surface area contributed by atoms with Crippen LogP contribution in [0.5, 0.6) is 0 Å². The molecule has 0 bridgehead atoms. The van der Waals surface area contributed by atoms with Gasteiger partial charge in [-0.25, -0.2) is 4.79 Å². The van der Waals surface area contributed by atoms with Crippen LogP contribution in [0.1, 0.15) is 71.3 Å². The van der Waals surface area contributed by atoms with E-state index in [4.69, 9.17) is 0 Å². The lowest BCUT2D eigenvalue weighted by Gasteiger charge is -2.33. The second-order valence-electron chi connectivity index (χ2n) is 8.30. The summed E-state index contributed by atoms with van der Waals surface area (Å²) in [7, 11) is 0. The van der Waals surface area contributed by atoms with Crippen LogP contribution in [-0.2, 0) is 0 Å². The van der Waals surface area contributed by atoms with Gasteiger partial charge in [-0.05, 0) is 69.4 Å². The topological polar surface area (TPSA) is 61.4 Å². The van der Waals surface area contributed by atoms with Crippen molar-refractivity contribution in [2.45, 2.75) is 52.5 Å². The number of hydrogen-bond donors (Lipinski definition) is 2. The van der Waals surface area contributed by atoms with E-state index in [1.807, 2.05) is 36.9 Å². The monoisotopic (exact) mass is 407 g/mol. The molecule has 0 unspecified atom stereocenters. The number of rotatable bonds is 5. The first kappa shape index (κ1) is 21.9. The van der Waals surface area contributed by atoms with Crippen LogP contribution in [0.3, 0.4) is 0 Å². The normalized spacial score (nSPS) is 17.3. The lowest BCUT2D eigenvalue weighted by atomic mass is 9.89. The maximum absolute atomic E-state index is 12.9. The van der Waals surface area contributed by atoms with Crippen molar-refractivity contribution in [1.29, 1.82) is 0 Å². The van der Waals surface area contributed by atoms with Crippen LogP contribution in [0.25, 0.3) is 0 Å². The van der Waals surface area contributed by atoms with Crippen LogP contribution in [0.4, 0.5) is 4.79 Å². The second-order valence-corrected chi connectivity index (χ2v) is 8.30. The predicted octanol–water partition coefficient (Wildman–Crippen LogP) is 4.70. The Morgan fingerprint density at radius 2 is 1.97 bits per heavy atom. The molecule has 0 spiro atoms. The van der Waals surface area contributed by atoms with Gasteiger partial charge in [-0.2, -0.15) is 0 Å². The zero-order valence-electron chi connectivity index (χ0n) is 18.5. The summed E-state index contributed by atoms with van der Waals surface area (Å²) < 4.78 is 0. The van der Waals surface area contributed by atoms with E-state index in [0.717, 1.165) is 30.5 Å². The molecule has 1 aliphatic heterocycles. The molecule has 1 aliphatic rings. The maximum Gasteiger partial charge on any atom is 0.317 e. The van der Waals surface area contributed by atoms with E-state index in [1.54, 1.807) is 0 Å². The minimum absolute atomic E-state index is 0.00149. The van der Waals surface area contributed by atoms with Crippen molar-refractivity contribution in [2.24, 2.45) is 0 Å². The average molecular weight is 408 g/mol. The van der Waals surface area contributed by atoms with Crippen LogP contribution in [-0.4, -0.2) is 36.5 Å². The van der Waals surface area contributed by atoms with E-state index in [9.17, 15) is 9.59 Å². The van der Waals surface area contributed by atoms with Crippen LogP contribution >= 0.6 is 0 Å². The molecule has 160 valence electrons. The number of urea groups is 1. The highest BCUT2D eigenvalue weighted by molar-refractivity contribution is 5.94. The summed E-state index contributed by atoms with van der Waals surface area (Å²) in [6, 6.07) is 14.1. The molecule has 2 atom stereocenters. The van der Waals surface area contributed by atoms with Gasteiger partial charge in [0.05, 0.1) is 6.04 Å². The smallest absolute Gasteiger partial charge is 0.317 e. The maximum atomic E-state index is 12.9. The van der Waals surface area contributed by atoms with E-state index < -0.39 is 0 Å². The van der Waals surface area contributed by atoms with Gasteiger partial charge in [0.2, 0.25) is 0 Å². The quantitative estimate of drug-likeness (QED) is 0.754. The number of piperidine rings is 1. The van der Waals surface area contributed by atoms with Gasteiger partial charge in [0, 0.05) is 31.1 Å². The molecule has 0 saturated carbocycles. The third kappa shape index (κ3) is 5.21. The lowest BCUT2D eigenvalue weighted by molar-refractivity contribution is 0.0939. The molecule has 5 heteroatoms. The van der Waals surface area contributed by atoms with Crippen molar-refractivity contribution in [3.05, 3.63) is 70.3 Å². The number of nitrogens with one attached hydrogen (secondary N) is 2. The van der Waals surface area contributed by atoms with Crippen LogP contribution < -0.4 is 10.6 Å². The highest BCUT2D eigenvalue weighted by Crippen LogP contribution is 2.28. The second kappa shape index (κ2) is 9.79. The summed E-state index contributed by atoms with van der Waals surface area (Å²) in [5, 5.41) is 6.02. The molecule has 0 aromatic heterocycles. The Balaban J connectivity index is 1.70. The number of benzene rings is 2. The number of nitrogens with zero attached hydrogens (tertiary/aromatic N) is 1. The van der Waals surface area contributed by atoms with Crippen molar-refractivity contribution in [1.82, 2.24) is 15.5 Å². The number of amides is 3. The minimum Gasteiger partial charge on any atom is -0.346 e. The molecule has 0 radical (unpaired) electrons. The van der Waals surface area contributed by atoms with Crippen molar-refractivity contribution in [3.63, 3.8) is 0 Å². The van der Waals surface area contributed by atoms with E-state index >= 15 is 0 Å². The Hall–Kier alpha value is -2.82. The van der Waals surface area contributed by atoms with Gasteiger partial charge in [0.25, 0.3) is 5.91 Å². The van der Waals surface area contributed by atoms with E-state index in [1.165, 1.54) is 11.1 Å². The zero-order valence-corrected chi connectivity index (χ0v) is 18.5. The zero-order chi connectivity index (χ0) is 21.7. The molecule has 0 aliphatic carbocycles. The number of carbonyl (C=O) groups excluding carboxylic acids is 2. The Morgan fingerprint density at radius 1 is 1.17 bits per heavy atom. The molecular weight excluding hydrogens is 374 g/mol. The van der Waals surface area contributed by atoms with Gasteiger partial charge in [0.15, 0.2) is 0 Å². The summed E-state index contributed by atoms with van der Waals surface area (Å²) in [4.78, 5) is 27.0. The standard InChI is InChI=1S/C25H33N3O2/c1-5-26-25(30)28-13-7-10-22(16-28)20-8-6-9-21(15-20)24(29)27-19(4)23-12-11-17(2)14-18(23)3/h6,8-9,11-12,14-15,19,22H,5,7,10,13,16H2,1-4H3,(H,26,30)(H,27,29)/t19-,22+/m1/s1. The SMILES string of the molecule is CCNC(=O)N1CCC[C@H](c2cccc(C(=O)N[C@H](C)c3ccc(C)cc3C)c2)C1. The molecule has 2 N–H and O–H groups in total. The predicted molar refractivity (Wildman–Crippen MR) is 121 cm³/mol. The molecule has 3 rings (SSSR count). The number of hydrogen-bond acceptors (Lipinski definition) is 2. The molecule has 5 nitrogen and oxygen atoms in total. The van der Waals surface area contributed by atoms with Gasteiger partial charge >= 0.3 is 6.03 Å². The van der Waals surface area contributed by atoms with Crippen LogP contribution in [0.15, 0.2) is 42.5 Å². The first-order valence-corrected chi connectivity index (χ1v) is 10.9. The van der Waals surface area contributed by atoms with Crippen molar-refractivity contribution >= 4 is 11.9 Å². The number of likely N-dealkylation sites (tertiary alicyclic amines) is 1. The number of carbonyl (C=O) groups is 2. The highest BCUT2D eigenvalue weighted by atomic mass is 16.2. The molecule has 1 fully saturated rings. The fraction of sp³-hybridized carbons (Fsp3) is 0.440. The van der Waals surface area contributed by atoms with Gasteiger partial charge in [-0.15, -0.1) is 0 Å². The van der Waals surface area contributed by atoms with Crippen molar-refractivity contribution in [3.8, 4) is 0 Å². The molecule has 2 aromatic rings. The first-order valence-electron chi connectivity index (χ1n) is 10.9. The van der Waals surface area contributed by atoms with Gasteiger partial charge in [-0.3, -0.25) is 4.79 Å². The Bertz CT molecular complexity index is 909. The van der Waals surface area contributed by atoms with E-state index in [-0.39, 0.29) is 23.9 Å². The first-order chi connectivity index (χ1) is 14.4. The molecule has 2 aromatic carbocycles. The third-order valence-electron chi connectivity index (χ3n) is 5.90. The summed E-state index contributed by atoms with van der Waals surface area (Å²) in [6.07, 6.45) is 2.00. The van der Waals surface area contributed by atoms with E-state index in [2.05, 4.69) is 48.7 Å². The number of aryl methyl sites for hydroxylation is 2. The summed E-state index contributed by atoms with van der Waals surface area (Å²) in [6.45, 7) is 10.2. The molecular formula is C25H33N3O2. The summed E-state index contributed by atoms with van der Waals surface area (Å²) in [5.74, 6) is 0.187. The van der Waals surface area contributed by atoms with Crippen molar-refractivity contribution < 1.29 is 9.59 Å². The highest BCUT2D eigenvalue weighted by Gasteiger charge is 2.25. The Kier molecular flexibility index (Phi) is 7.14. The largest absolute Gasteiger partial charge is 0.346 e. The van der Waals surface area contributed by atoms with Gasteiger partial charge in [-0.1, -0.05) is 35.9 Å². The fourth-order valence-corrected chi connectivity index (χ4v) is 4.30. The molecule has 1 saturated heterocycles. The molecule has 30 heavy (non-hydrogen) atoms. The van der Waals surface area contributed by atoms with Crippen LogP contribution in [0, 0.1) is 13.8 Å². The summed E-state index contributed by atoms with van der Waals surface area (Å²) >= 11 is 0.